The third-order valence-electron chi connectivity index (χ3n) is 4.58. The summed E-state index contributed by atoms with van der Waals surface area (Å²) in [6, 6.07) is 4.11. The van der Waals surface area contributed by atoms with E-state index < -0.39 is 0 Å². The van der Waals surface area contributed by atoms with Crippen LogP contribution in [0.2, 0.25) is 0 Å². The Labute approximate surface area is 175 Å². The van der Waals surface area contributed by atoms with Gasteiger partial charge in [0, 0.05) is 13.1 Å². The van der Waals surface area contributed by atoms with Gasteiger partial charge in [-0.1, -0.05) is 19.1 Å². The van der Waals surface area contributed by atoms with Gasteiger partial charge in [0.05, 0.1) is 11.6 Å². The van der Waals surface area contributed by atoms with E-state index >= 15 is 0 Å². The van der Waals surface area contributed by atoms with Crippen molar-refractivity contribution in [3.63, 3.8) is 0 Å². The van der Waals surface area contributed by atoms with Gasteiger partial charge in [0.1, 0.15) is 5.82 Å². The maximum atomic E-state index is 6.05. The van der Waals surface area contributed by atoms with Gasteiger partial charge in [-0.05, 0) is 72.7 Å². The molecule has 28 heavy (non-hydrogen) atoms. The molecule has 0 N–H and O–H groups in total. The van der Waals surface area contributed by atoms with Crippen molar-refractivity contribution >= 4 is 27.5 Å². The van der Waals surface area contributed by atoms with Crippen molar-refractivity contribution in [2.45, 2.75) is 40.0 Å². The van der Waals surface area contributed by atoms with Gasteiger partial charge in [-0.25, -0.2) is 0 Å². The molecule has 150 valence electrons. The number of hydrogen-bond acceptors (Lipinski definition) is 6. The molecule has 1 heterocycles. The summed E-state index contributed by atoms with van der Waals surface area (Å²) in [6.07, 6.45) is 3.61. The monoisotopic (exact) mass is 446 g/mol. The van der Waals surface area contributed by atoms with Crippen molar-refractivity contribution in [2.75, 3.05) is 25.1 Å². The predicted molar refractivity (Wildman–Crippen MR) is 115 cm³/mol. The Morgan fingerprint density at radius 2 is 2.04 bits per heavy atom. The number of ether oxygens (including phenoxy) is 2. The van der Waals surface area contributed by atoms with Gasteiger partial charge in [0.2, 0.25) is 5.95 Å². The van der Waals surface area contributed by atoms with Gasteiger partial charge >= 0.3 is 6.01 Å². The molecule has 0 radical (unpaired) electrons. The lowest BCUT2D eigenvalue weighted by molar-refractivity contribution is 0.365. The highest BCUT2D eigenvalue weighted by atomic mass is 79.9. The van der Waals surface area contributed by atoms with Crippen molar-refractivity contribution in [3.8, 4) is 17.5 Å². The molecule has 0 aliphatic heterocycles. The SMILES string of the molecule is C=C(C)c1cc(Br)c(Oc2nc(C)nc(N(CCC)CC3CC3)n2)c(OC)c1. The Kier molecular flexibility index (Phi) is 6.54. The Balaban J connectivity index is 1.92. The molecule has 1 aromatic carbocycles. The van der Waals surface area contributed by atoms with E-state index in [2.05, 4.69) is 49.3 Å². The number of methoxy groups -OCH3 is 1. The Morgan fingerprint density at radius 1 is 1.29 bits per heavy atom. The lowest BCUT2D eigenvalue weighted by atomic mass is 10.1. The largest absolute Gasteiger partial charge is 0.493 e. The minimum atomic E-state index is 0.265. The number of aromatic nitrogens is 3. The van der Waals surface area contributed by atoms with Gasteiger partial charge in [-0.3, -0.25) is 0 Å². The first-order valence-electron chi connectivity index (χ1n) is 9.60. The molecule has 7 heteroatoms. The normalized spacial score (nSPS) is 13.3. The van der Waals surface area contributed by atoms with E-state index in [0.717, 1.165) is 41.0 Å². The summed E-state index contributed by atoms with van der Waals surface area (Å²) in [6.45, 7) is 11.9. The number of halogens is 1. The van der Waals surface area contributed by atoms with Crippen molar-refractivity contribution in [1.82, 2.24) is 15.0 Å². The average Bonchev–Trinajstić information content (AvgIpc) is 3.46. The first kappa shape index (κ1) is 20.6. The summed E-state index contributed by atoms with van der Waals surface area (Å²) in [5.41, 5.74) is 1.92. The highest BCUT2D eigenvalue weighted by Gasteiger charge is 2.26. The van der Waals surface area contributed by atoms with Gasteiger partial charge < -0.3 is 14.4 Å². The van der Waals surface area contributed by atoms with Crippen molar-refractivity contribution in [1.29, 1.82) is 0 Å². The van der Waals surface area contributed by atoms with E-state index in [1.54, 1.807) is 7.11 Å². The van der Waals surface area contributed by atoms with E-state index in [1.807, 2.05) is 26.0 Å². The summed E-state index contributed by atoms with van der Waals surface area (Å²) in [5, 5.41) is 0. The average molecular weight is 447 g/mol. The smallest absolute Gasteiger partial charge is 0.327 e. The third kappa shape index (κ3) is 5.01. The summed E-state index contributed by atoms with van der Waals surface area (Å²) in [5.74, 6) is 3.18. The maximum absolute atomic E-state index is 6.05. The summed E-state index contributed by atoms with van der Waals surface area (Å²) in [4.78, 5) is 15.7. The quantitative estimate of drug-likeness (QED) is 0.513. The minimum absolute atomic E-state index is 0.265. The van der Waals surface area contributed by atoms with Crippen LogP contribution >= 0.6 is 15.9 Å². The van der Waals surface area contributed by atoms with Crippen LogP contribution in [0.5, 0.6) is 17.5 Å². The fourth-order valence-corrected chi connectivity index (χ4v) is 3.47. The van der Waals surface area contributed by atoms with E-state index in [-0.39, 0.29) is 6.01 Å². The molecule has 0 spiro atoms. The van der Waals surface area contributed by atoms with Gasteiger partial charge in [0.25, 0.3) is 0 Å². The predicted octanol–water partition coefficient (Wildman–Crippen LogP) is 5.40. The number of benzene rings is 1. The Morgan fingerprint density at radius 3 is 2.64 bits per heavy atom. The number of nitrogens with zero attached hydrogens (tertiary/aromatic N) is 4. The van der Waals surface area contributed by atoms with Crippen LogP contribution < -0.4 is 14.4 Å². The lowest BCUT2D eigenvalue weighted by Gasteiger charge is -2.22. The van der Waals surface area contributed by atoms with E-state index in [9.17, 15) is 0 Å². The molecule has 1 saturated carbocycles. The number of anilines is 1. The molecular weight excluding hydrogens is 420 g/mol. The molecule has 0 bridgehead atoms. The van der Waals surface area contributed by atoms with E-state index in [4.69, 9.17) is 9.47 Å². The fraction of sp³-hybridized carbons (Fsp3) is 0.476. The third-order valence-corrected chi connectivity index (χ3v) is 5.17. The maximum Gasteiger partial charge on any atom is 0.327 e. The molecule has 0 atom stereocenters. The van der Waals surface area contributed by atoms with Crippen molar-refractivity contribution in [2.24, 2.45) is 5.92 Å². The van der Waals surface area contributed by atoms with Gasteiger partial charge in [-0.15, -0.1) is 0 Å². The van der Waals surface area contributed by atoms with Crippen LogP contribution in [0, 0.1) is 12.8 Å². The number of rotatable bonds is 9. The van der Waals surface area contributed by atoms with Crippen LogP contribution in [0.1, 0.15) is 44.5 Å². The van der Waals surface area contributed by atoms with E-state index in [1.165, 1.54) is 12.8 Å². The zero-order chi connectivity index (χ0) is 20.3. The number of hydrogen-bond donors (Lipinski definition) is 0. The van der Waals surface area contributed by atoms with Crippen LogP contribution in [-0.4, -0.2) is 35.2 Å². The van der Waals surface area contributed by atoms with Crippen LogP contribution in [0.15, 0.2) is 23.2 Å². The molecule has 2 aromatic rings. The Bertz CT molecular complexity index is 868. The highest BCUT2D eigenvalue weighted by Crippen LogP contribution is 2.40. The number of aryl methyl sites for hydroxylation is 1. The van der Waals surface area contributed by atoms with Crippen LogP contribution in [0.4, 0.5) is 5.95 Å². The van der Waals surface area contributed by atoms with E-state index in [0.29, 0.717) is 23.3 Å². The molecule has 0 unspecified atom stereocenters. The van der Waals surface area contributed by atoms with Gasteiger partial charge in [-0.2, -0.15) is 15.0 Å². The standard InChI is InChI=1S/C21H27BrN4O2/c1-6-9-26(12-15-7-8-15)20-23-14(4)24-21(25-20)28-19-17(22)10-16(13(2)3)11-18(19)27-5/h10-11,15H,2,6-9,12H2,1,3-5H3. The molecule has 3 rings (SSSR count). The van der Waals surface area contributed by atoms with Crippen molar-refractivity contribution in [3.05, 3.63) is 34.6 Å². The molecule has 0 saturated heterocycles. The fourth-order valence-electron chi connectivity index (χ4n) is 2.94. The Hall–Kier alpha value is -2.15. The van der Waals surface area contributed by atoms with Crippen molar-refractivity contribution < 1.29 is 9.47 Å². The molecule has 1 aliphatic rings. The van der Waals surface area contributed by atoms with Crippen LogP contribution in [-0.2, 0) is 0 Å². The summed E-state index contributed by atoms with van der Waals surface area (Å²) < 4.78 is 12.3. The molecule has 0 amide bonds. The zero-order valence-corrected chi connectivity index (χ0v) is 18.5. The highest BCUT2D eigenvalue weighted by molar-refractivity contribution is 9.10. The summed E-state index contributed by atoms with van der Waals surface area (Å²) >= 11 is 3.57. The topological polar surface area (TPSA) is 60.4 Å². The first-order valence-corrected chi connectivity index (χ1v) is 10.4. The summed E-state index contributed by atoms with van der Waals surface area (Å²) in [7, 11) is 1.61. The van der Waals surface area contributed by atoms with Crippen LogP contribution in [0.3, 0.4) is 0 Å². The van der Waals surface area contributed by atoms with Crippen LogP contribution in [0.25, 0.3) is 5.57 Å². The lowest BCUT2D eigenvalue weighted by Crippen LogP contribution is -2.29. The molecule has 1 fully saturated rings. The minimum Gasteiger partial charge on any atom is -0.493 e. The molecule has 1 aromatic heterocycles. The number of allylic oxidation sites excluding steroid dienone is 1. The first-order chi connectivity index (χ1) is 13.4. The second kappa shape index (κ2) is 8.90. The van der Waals surface area contributed by atoms with Gasteiger partial charge in [0.15, 0.2) is 11.5 Å². The second-order valence-corrected chi connectivity index (χ2v) is 8.08. The molecular formula is C21H27BrN4O2. The molecule has 6 nitrogen and oxygen atoms in total. The zero-order valence-electron chi connectivity index (χ0n) is 17.0. The second-order valence-electron chi connectivity index (χ2n) is 7.23. The molecule has 1 aliphatic carbocycles.